The van der Waals surface area contributed by atoms with Gasteiger partial charge in [0.25, 0.3) is 0 Å². The lowest BCUT2D eigenvalue weighted by atomic mass is 10.1. The Kier molecular flexibility index (Phi) is 9.14. The molecule has 6 nitrogen and oxygen atoms in total. The smallest absolute Gasteiger partial charge is 0.326 e. The molecule has 6 heteroatoms. The molecule has 0 aliphatic heterocycles. The van der Waals surface area contributed by atoms with Gasteiger partial charge in [-0.1, -0.05) is 13.3 Å². The lowest BCUT2D eigenvalue weighted by molar-refractivity contribution is -0.139. The van der Waals surface area contributed by atoms with E-state index in [1.54, 1.807) is 7.11 Å². The van der Waals surface area contributed by atoms with Crippen LogP contribution in [0.3, 0.4) is 0 Å². The van der Waals surface area contributed by atoms with Gasteiger partial charge in [-0.25, -0.2) is 9.59 Å². The number of amides is 2. The summed E-state index contributed by atoms with van der Waals surface area (Å²) in [6.07, 6.45) is 2.83. The van der Waals surface area contributed by atoms with E-state index in [1.165, 1.54) is 0 Å². The quantitative estimate of drug-likeness (QED) is 0.529. The maximum atomic E-state index is 11.3. The second kappa shape index (κ2) is 9.89. The fraction of sp³-hybridized carbons (Fsp3) is 0.818. The summed E-state index contributed by atoms with van der Waals surface area (Å²) >= 11 is 0. The van der Waals surface area contributed by atoms with Crippen molar-refractivity contribution < 1.29 is 19.4 Å². The Hall–Kier alpha value is -1.30. The molecule has 0 aliphatic rings. The highest BCUT2D eigenvalue weighted by atomic mass is 16.5. The van der Waals surface area contributed by atoms with Gasteiger partial charge in [0.2, 0.25) is 0 Å². The van der Waals surface area contributed by atoms with Crippen LogP contribution in [0.25, 0.3) is 0 Å². The summed E-state index contributed by atoms with van der Waals surface area (Å²) in [7, 11) is 1.56. The fourth-order valence-corrected chi connectivity index (χ4v) is 1.28. The Morgan fingerprint density at radius 3 is 2.59 bits per heavy atom. The third-order valence-electron chi connectivity index (χ3n) is 2.26. The largest absolute Gasteiger partial charge is 0.480 e. The maximum absolute atomic E-state index is 11.3. The molecule has 0 saturated carbocycles. The highest BCUT2D eigenvalue weighted by molar-refractivity contribution is 5.82. The van der Waals surface area contributed by atoms with Crippen molar-refractivity contribution >= 4 is 12.0 Å². The van der Waals surface area contributed by atoms with E-state index in [1.807, 2.05) is 6.92 Å². The van der Waals surface area contributed by atoms with Gasteiger partial charge in [-0.15, -0.1) is 0 Å². The molecule has 0 aliphatic carbocycles. The summed E-state index contributed by atoms with van der Waals surface area (Å²) in [4.78, 5) is 22.2. The summed E-state index contributed by atoms with van der Waals surface area (Å²) in [5.41, 5.74) is 0. The number of nitrogens with one attached hydrogen (secondary N) is 2. The molecule has 3 N–H and O–H groups in total. The Balaban J connectivity index is 3.89. The zero-order valence-corrected chi connectivity index (χ0v) is 10.5. The van der Waals surface area contributed by atoms with Crippen molar-refractivity contribution in [3.05, 3.63) is 0 Å². The standard InChI is InChI=1S/C11H22N2O4/c1-3-4-7-12-11(16)13-9(10(14)15)6-5-8-17-2/h9H,3-8H2,1-2H3,(H,14,15)(H2,12,13,16). The third-order valence-corrected chi connectivity index (χ3v) is 2.26. The van der Waals surface area contributed by atoms with E-state index in [0.29, 0.717) is 26.0 Å². The molecular formula is C11H22N2O4. The zero-order chi connectivity index (χ0) is 13.1. The second-order valence-corrected chi connectivity index (χ2v) is 3.78. The fourth-order valence-electron chi connectivity index (χ4n) is 1.28. The number of carboxylic acid groups (broad SMARTS) is 1. The SMILES string of the molecule is CCCCNC(=O)NC(CCCOC)C(=O)O. The van der Waals surface area contributed by atoms with E-state index in [2.05, 4.69) is 10.6 Å². The number of carbonyl (C=O) groups is 2. The van der Waals surface area contributed by atoms with Gasteiger partial charge in [0.1, 0.15) is 6.04 Å². The van der Waals surface area contributed by atoms with Crippen LogP contribution in [0.1, 0.15) is 32.6 Å². The van der Waals surface area contributed by atoms with E-state index in [4.69, 9.17) is 9.84 Å². The number of aliphatic carboxylic acids is 1. The highest BCUT2D eigenvalue weighted by Crippen LogP contribution is 1.98. The average molecular weight is 246 g/mol. The first kappa shape index (κ1) is 15.7. The van der Waals surface area contributed by atoms with E-state index in [0.717, 1.165) is 12.8 Å². The first-order chi connectivity index (χ1) is 8.11. The molecule has 0 radical (unpaired) electrons. The zero-order valence-electron chi connectivity index (χ0n) is 10.5. The van der Waals surface area contributed by atoms with Crippen molar-refractivity contribution in [1.29, 1.82) is 0 Å². The molecule has 0 fully saturated rings. The molecule has 2 amide bonds. The average Bonchev–Trinajstić information content (AvgIpc) is 2.28. The predicted molar refractivity (Wildman–Crippen MR) is 64.0 cm³/mol. The summed E-state index contributed by atoms with van der Waals surface area (Å²) in [6, 6.07) is -1.28. The van der Waals surface area contributed by atoms with Gasteiger partial charge in [0, 0.05) is 20.3 Å². The molecule has 1 atom stereocenters. The highest BCUT2D eigenvalue weighted by Gasteiger charge is 2.18. The Morgan fingerprint density at radius 1 is 1.35 bits per heavy atom. The molecule has 0 saturated heterocycles. The first-order valence-electron chi connectivity index (χ1n) is 5.88. The minimum atomic E-state index is -1.02. The molecule has 0 spiro atoms. The molecule has 17 heavy (non-hydrogen) atoms. The Morgan fingerprint density at radius 2 is 2.06 bits per heavy atom. The van der Waals surface area contributed by atoms with Crippen molar-refractivity contribution in [2.24, 2.45) is 0 Å². The summed E-state index contributed by atoms with van der Waals surface area (Å²) in [6.45, 7) is 3.07. The van der Waals surface area contributed by atoms with Crippen LogP contribution < -0.4 is 10.6 Å². The van der Waals surface area contributed by atoms with E-state index in [-0.39, 0.29) is 0 Å². The number of hydrogen-bond donors (Lipinski definition) is 3. The first-order valence-corrected chi connectivity index (χ1v) is 5.88. The summed E-state index contributed by atoms with van der Waals surface area (Å²) in [5.74, 6) is -1.02. The lowest BCUT2D eigenvalue weighted by Gasteiger charge is -2.14. The van der Waals surface area contributed by atoms with Crippen LogP contribution in [0.5, 0.6) is 0 Å². The Bertz CT molecular complexity index is 234. The van der Waals surface area contributed by atoms with Gasteiger partial charge in [-0.2, -0.15) is 0 Å². The van der Waals surface area contributed by atoms with Gasteiger partial charge < -0.3 is 20.5 Å². The van der Waals surface area contributed by atoms with Crippen LogP contribution in [-0.2, 0) is 9.53 Å². The molecule has 0 aromatic rings. The van der Waals surface area contributed by atoms with Crippen LogP contribution in [-0.4, -0.2) is 43.4 Å². The second-order valence-electron chi connectivity index (χ2n) is 3.78. The number of urea groups is 1. The molecular weight excluding hydrogens is 224 g/mol. The van der Waals surface area contributed by atoms with Crippen molar-refractivity contribution in [2.75, 3.05) is 20.3 Å². The van der Waals surface area contributed by atoms with E-state index >= 15 is 0 Å². The van der Waals surface area contributed by atoms with Crippen LogP contribution in [0.4, 0.5) is 4.79 Å². The van der Waals surface area contributed by atoms with Gasteiger partial charge in [-0.3, -0.25) is 0 Å². The van der Waals surface area contributed by atoms with Crippen LogP contribution in [0, 0.1) is 0 Å². The minimum Gasteiger partial charge on any atom is -0.480 e. The molecule has 0 rings (SSSR count). The number of unbranched alkanes of at least 4 members (excludes halogenated alkanes) is 1. The summed E-state index contributed by atoms with van der Waals surface area (Å²) < 4.78 is 4.84. The predicted octanol–water partition coefficient (Wildman–Crippen LogP) is 0.965. The molecule has 1 unspecified atom stereocenters. The number of ether oxygens (including phenoxy) is 1. The van der Waals surface area contributed by atoms with Crippen molar-refractivity contribution in [1.82, 2.24) is 10.6 Å². The maximum Gasteiger partial charge on any atom is 0.326 e. The molecule has 100 valence electrons. The molecule has 0 aromatic carbocycles. The third kappa shape index (κ3) is 8.50. The number of hydrogen-bond acceptors (Lipinski definition) is 3. The van der Waals surface area contributed by atoms with Gasteiger partial charge in [-0.05, 0) is 19.3 Å². The minimum absolute atomic E-state index is 0.365. The topological polar surface area (TPSA) is 87.7 Å². The number of methoxy groups -OCH3 is 1. The van der Waals surface area contributed by atoms with E-state index in [9.17, 15) is 9.59 Å². The summed E-state index contributed by atoms with van der Waals surface area (Å²) in [5, 5.41) is 14.0. The normalized spacial score (nSPS) is 11.9. The van der Waals surface area contributed by atoms with E-state index < -0.39 is 18.0 Å². The Labute approximate surface area is 102 Å². The lowest BCUT2D eigenvalue weighted by Crippen LogP contribution is -2.46. The molecule has 0 aromatic heterocycles. The number of rotatable bonds is 9. The molecule has 0 bridgehead atoms. The van der Waals surface area contributed by atoms with Gasteiger partial charge >= 0.3 is 12.0 Å². The van der Waals surface area contributed by atoms with Crippen LogP contribution in [0.2, 0.25) is 0 Å². The number of carboxylic acids is 1. The van der Waals surface area contributed by atoms with Crippen molar-refractivity contribution in [3.63, 3.8) is 0 Å². The monoisotopic (exact) mass is 246 g/mol. The van der Waals surface area contributed by atoms with Crippen LogP contribution in [0.15, 0.2) is 0 Å². The van der Waals surface area contributed by atoms with Gasteiger partial charge in [0.15, 0.2) is 0 Å². The molecule has 0 heterocycles. The van der Waals surface area contributed by atoms with Gasteiger partial charge in [0.05, 0.1) is 0 Å². The number of carbonyl (C=O) groups excluding carboxylic acids is 1. The van der Waals surface area contributed by atoms with Crippen LogP contribution >= 0.6 is 0 Å². The van der Waals surface area contributed by atoms with Crippen molar-refractivity contribution in [3.8, 4) is 0 Å². The van der Waals surface area contributed by atoms with Crippen molar-refractivity contribution in [2.45, 2.75) is 38.6 Å².